The highest BCUT2D eigenvalue weighted by Gasteiger charge is 2.32. The van der Waals surface area contributed by atoms with E-state index in [-0.39, 0.29) is 13.3 Å². The molecule has 3 aromatic rings. The highest BCUT2D eigenvalue weighted by atomic mass is 35.5. The summed E-state index contributed by atoms with van der Waals surface area (Å²) >= 11 is 5.34. The van der Waals surface area contributed by atoms with Crippen molar-refractivity contribution in [2.24, 2.45) is 0 Å². The Labute approximate surface area is 220 Å². The number of hydrogen-bond acceptors (Lipinski definition) is 7. The molecule has 0 radical (unpaired) electrons. The number of anilines is 1. The lowest BCUT2D eigenvalue weighted by molar-refractivity contribution is -0.385. The number of para-hydroxylation sites is 1. The molecule has 0 saturated carbocycles. The lowest BCUT2D eigenvalue weighted by Gasteiger charge is -2.36. The Hall–Kier alpha value is -3.63. The molecule has 0 spiro atoms. The van der Waals surface area contributed by atoms with E-state index in [4.69, 9.17) is 11.9 Å². The topological polar surface area (TPSA) is 101 Å². The predicted octanol–water partition coefficient (Wildman–Crippen LogP) is 3.99. The highest BCUT2D eigenvalue weighted by molar-refractivity contribution is 6.09. The number of aryl methyl sites for hydroxylation is 1. The van der Waals surface area contributed by atoms with Crippen molar-refractivity contribution < 1.29 is 14.0 Å². The van der Waals surface area contributed by atoms with Gasteiger partial charge in [0.25, 0.3) is 5.91 Å². The normalized spacial score (nSPS) is 13.5. The van der Waals surface area contributed by atoms with Gasteiger partial charge in [-0.15, -0.1) is 0 Å². The van der Waals surface area contributed by atoms with Gasteiger partial charge in [-0.3, -0.25) is 19.7 Å². The van der Waals surface area contributed by atoms with Crippen LogP contribution in [0.25, 0.3) is 10.9 Å². The van der Waals surface area contributed by atoms with Crippen LogP contribution < -0.4 is 14.7 Å². The number of halogens is 1. The number of nitrogens with zero attached hydrogens (tertiary/aromatic N) is 5. The molecule has 1 fully saturated rings. The number of piperazine rings is 1. The van der Waals surface area contributed by atoms with Gasteiger partial charge in [0, 0.05) is 43.7 Å². The zero-order chi connectivity index (χ0) is 25.8. The number of aromatic nitrogens is 1. The molecule has 1 aromatic heterocycles. The molecule has 1 amide bonds. The van der Waals surface area contributed by atoms with Gasteiger partial charge in [0.15, 0.2) is 0 Å². The monoisotopic (exact) mass is 529 g/mol. The maximum Gasteiger partial charge on any atom is 0.357 e. The molecule has 11 heteroatoms. The van der Waals surface area contributed by atoms with E-state index in [1.807, 2.05) is 48.2 Å². The maximum absolute atomic E-state index is 13.4. The van der Waals surface area contributed by atoms with Crippen LogP contribution in [0.2, 0.25) is 0 Å². The molecular weight excluding hydrogens is 498 g/mol. The Balaban J connectivity index is 0.00000380. The second-order valence-electron chi connectivity index (χ2n) is 8.97. The summed E-state index contributed by atoms with van der Waals surface area (Å²) in [5.41, 5.74) is 0.461. The van der Waals surface area contributed by atoms with E-state index < -0.39 is 16.2 Å². The summed E-state index contributed by atoms with van der Waals surface area (Å²) in [5, 5.41) is 12.8. The van der Waals surface area contributed by atoms with Crippen molar-refractivity contribution in [3.8, 4) is 5.75 Å². The Kier molecular flexibility index (Phi) is 9.12. The minimum atomic E-state index is -0.604. The number of pyridine rings is 1. The fourth-order valence-corrected chi connectivity index (χ4v) is 4.69. The number of benzene rings is 2. The SMILES string of the molecule is C.CN(C)CCCn1c(=O)c([N+](=O)[O-])c(N2CCN(C(=O)c3ccc(OCl)cc3)CC2)c2ccccc21. The van der Waals surface area contributed by atoms with Crippen LogP contribution in [0.5, 0.6) is 5.75 Å². The van der Waals surface area contributed by atoms with E-state index in [1.54, 1.807) is 29.2 Å². The van der Waals surface area contributed by atoms with Crippen LogP contribution in [0.1, 0.15) is 24.2 Å². The second-order valence-corrected chi connectivity index (χ2v) is 9.12. The lowest BCUT2D eigenvalue weighted by Crippen LogP contribution is -2.49. The van der Waals surface area contributed by atoms with Crippen molar-refractivity contribution >= 4 is 40.1 Å². The molecule has 0 atom stereocenters. The minimum absolute atomic E-state index is 0. The third-order valence-electron chi connectivity index (χ3n) is 6.37. The number of rotatable bonds is 8. The zero-order valence-corrected chi connectivity index (χ0v) is 21.0. The first-order valence-electron chi connectivity index (χ1n) is 11.7. The summed E-state index contributed by atoms with van der Waals surface area (Å²) in [7, 11) is 3.89. The Morgan fingerprint density at radius 2 is 1.73 bits per heavy atom. The molecule has 2 aromatic carbocycles. The van der Waals surface area contributed by atoms with E-state index in [0.717, 1.165) is 6.54 Å². The van der Waals surface area contributed by atoms with Gasteiger partial charge in [0.1, 0.15) is 23.3 Å². The summed E-state index contributed by atoms with van der Waals surface area (Å²) in [6, 6.07) is 13.8. The van der Waals surface area contributed by atoms with Crippen molar-refractivity contribution in [1.29, 1.82) is 0 Å². The molecule has 1 aliphatic rings. The van der Waals surface area contributed by atoms with Gasteiger partial charge < -0.3 is 23.6 Å². The molecule has 0 aliphatic carbocycles. The summed E-state index contributed by atoms with van der Waals surface area (Å²) in [4.78, 5) is 43.4. The van der Waals surface area contributed by atoms with Crippen LogP contribution in [-0.2, 0) is 6.54 Å². The lowest BCUT2D eigenvalue weighted by atomic mass is 10.1. The first-order valence-corrected chi connectivity index (χ1v) is 12.0. The molecule has 2 heterocycles. The number of amides is 1. The van der Waals surface area contributed by atoms with E-state index in [9.17, 15) is 19.7 Å². The van der Waals surface area contributed by atoms with E-state index in [2.05, 4.69) is 4.29 Å². The van der Waals surface area contributed by atoms with Gasteiger partial charge in [-0.05, 0) is 57.4 Å². The average molecular weight is 530 g/mol. The van der Waals surface area contributed by atoms with E-state index >= 15 is 0 Å². The first kappa shape index (κ1) is 27.9. The Morgan fingerprint density at radius 3 is 2.32 bits per heavy atom. The molecular formula is C26H32ClN5O5. The minimum Gasteiger partial charge on any atom is -0.386 e. The molecule has 198 valence electrons. The summed E-state index contributed by atoms with van der Waals surface area (Å²) in [5.74, 6) is 0.292. The van der Waals surface area contributed by atoms with Crippen LogP contribution in [0.3, 0.4) is 0 Å². The molecule has 0 unspecified atom stereocenters. The van der Waals surface area contributed by atoms with Crippen LogP contribution in [-0.4, -0.2) is 72.0 Å². The summed E-state index contributed by atoms with van der Waals surface area (Å²) in [6.07, 6.45) is 0.687. The highest BCUT2D eigenvalue weighted by Crippen LogP contribution is 2.34. The number of carbonyl (C=O) groups is 1. The average Bonchev–Trinajstić information content (AvgIpc) is 2.89. The van der Waals surface area contributed by atoms with Gasteiger partial charge in [-0.25, -0.2) is 0 Å². The van der Waals surface area contributed by atoms with Gasteiger partial charge in [0.2, 0.25) is 0 Å². The number of fused-ring (bicyclic) bond motifs is 1. The smallest absolute Gasteiger partial charge is 0.357 e. The summed E-state index contributed by atoms with van der Waals surface area (Å²) in [6.45, 7) is 2.60. The van der Waals surface area contributed by atoms with E-state index in [0.29, 0.717) is 67.0 Å². The maximum atomic E-state index is 13.4. The predicted molar refractivity (Wildman–Crippen MR) is 146 cm³/mol. The molecule has 0 N–H and O–H groups in total. The van der Waals surface area contributed by atoms with Crippen LogP contribution in [0.4, 0.5) is 11.4 Å². The van der Waals surface area contributed by atoms with Gasteiger partial charge in [-0.2, -0.15) is 0 Å². The summed E-state index contributed by atoms with van der Waals surface area (Å²) < 4.78 is 6.14. The first-order chi connectivity index (χ1) is 17.3. The Bertz CT molecular complexity index is 1320. The molecule has 10 nitrogen and oxygen atoms in total. The van der Waals surface area contributed by atoms with Crippen LogP contribution in [0.15, 0.2) is 53.3 Å². The third-order valence-corrected chi connectivity index (χ3v) is 6.54. The standard InChI is InChI=1S/C25H28ClN5O5.CH4/c1-27(2)12-5-13-30-21-7-4-3-6-20(21)22(23(25(30)33)31(34)35)28-14-16-29(17-15-28)24(32)18-8-10-19(36-26)11-9-18;/h3-4,6-11H,5,12-17H2,1-2H3;1H4. The molecule has 37 heavy (non-hydrogen) atoms. The fraction of sp³-hybridized carbons (Fsp3) is 0.385. The zero-order valence-electron chi connectivity index (χ0n) is 20.2. The van der Waals surface area contributed by atoms with Crippen molar-refractivity contribution in [3.05, 3.63) is 74.6 Å². The second kappa shape index (κ2) is 12.1. The van der Waals surface area contributed by atoms with E-state index in [1.165, 1.54) is 4.57 Å². The Morgan fingerprint density at radius 1 is 1.08 bits per heavy atom. The van der Waals surface area contributed by atoms with Crippen LogP contribution in [0, 0.1) is 10.1 Å². The molecule has 1 saturated heterocycles. The van der Waals surface area contributed by atoms with Crippen LogP contribution >= 0.6 is 11.9 Å². The number of carbonyl (C=O) groups excluding carboxylic acids is 1. The quantitative estimate of drug-likeness (QED) is 0.321. The third kappa shape index (κ3) is 5.86. The molecule has 0 bridgehead atoms. The van der Waals surface area contributed by atoms with Crippen molar-refractivity contribution in [1.82, 2.24) is 14.4 Å². The van der Waals surface area contributed by atoms with Crippen molar-refractivity contribution in [2.75, 3.05) is 51.7 Å². The number of hydrogen-bond donors (Lipinski definition) is 0. The van der Waals surface area contributed by atoms with Crippen molar-refractivity contribution in [3.63, 3.8) is 0 Å². The fourth-order valence-electron chi connectivity index (χ4n) is 4.59. The van der Waals surface area contributed by atoms with Gasteiger partial charge >= 0.3 is 11.2 Å². The van der Waals surface area contributed by atoms with Crippen molar-refractivity contribution in [2.45, 2.75) is 20.4 Å². The van der Waals surface area contributed by atoms with Gasteiger partial charge in [-0.1, -0.05) is 25.6 Å². The molecule has 4 rings (SSSR count). The number of nitro groups is 1. The van der Waals surface area contributed by atoms with Gasteiger partial charge in [0.05, 0.1) is 10.4 Å². The largest absolute Gasteiger partial charge is 0.386 e. The molecule has 1 aliphatic heterocycles.